The molecule has 0 aromatic heterocycles. The second-order valence-electron chi connectivity index (χ2n) is 4.79. The summed E-state index contributed by atoms with van der Waals surface area (Å²) in [6.45, 7) is 2.71. The maximum Gasteiger partial charge on any atom is 0.127 e. The van der Waals surface area contributed by atoms with Crippen LogP contribution in [0, 0.1) is 6.92 Å². The summed E-state index contributed by atoms with van der Waals surface area (Å²) in [4.78, 5) is 6.18. The summed E-state index contributed by atoms with van der Waals surface area (Å²) in [7, 11) is 3.92. The summed E-state index contributed by atoms with van der Waals surface area (Å²) in [6.07, 6.45) is 0. The second-order valence-corrected chi connectivity index (χ2v) is 4.79. The average molecular weight is 269 g/mol. The minimum atomic E-state index is 0.592. The van der Waals surface area contributed by atoms with Crippen LogP contribution in [0.4, 0.5) is 0 Å². The van der Waals surface area contributed by atoms with E-state index in [0.717, 1.165) is 5.56 Å². The Bertz CT molecular complexity index is 504. The lowest BCUT2D eigenvalue weighted by Crippen LogP contribution is -2.18. The van der Waals surface area contributed by atoms with E-state index in [4.69, 9.17) is 5.73 Å². The minimum Gasteiger partial charge on any atom is -0.383 e. The van der Waals surface area contributed by atoms with Gasteiger partial charge >= 0.3 is 0 Å². The van der Waals surface area contributed by atoms with Crippen molar-refractivity contribution in [2.75, 3.05) is 20.8 Å². The van der Waals surface area contributed by atoms with E-state index in [9.17, 15) is 0 Å². The maximum atomic E-state index is 5.77. The van der Waals surface area contributed by atoms with E-state index in [1.807, 2.05) is 67.5 Å². The van der Waals surface area contributed by atoms with E-state index in [-0.39, 0.29) is 0 Å². The number of nitrogens with zero attached hydrogens (tertiary/aromatic N) is 2. The first-order valence-corrected chi connectivity index (χ1v) is 6.61. The van der Waals surface area contributed by atoms with Crippen molar-refractivity contribution in [1.29, 1.82) is 0 Å². The van der Waals surface area contributed by atoms with Crippen molar-refractivity contribution >= 4 is 5.84 Å². The van der Waals surface area contributed by atoms with Crippen LogP contribution in [0.15, 0.2) is 65.7 Å². The topological polar surface area (TPSA) is 41.6 Å². The Hall–Kier alpha value is -2.13. The predicted molar refractivity (Wildman–Crippen MR) is 86.9 cm³/mol. The molecule has 0 radical (unpaired) electrons. The highest BCUT2D eigenvalue weighted by Gasteiger charge is 1.95. The highest BCUT2D eigenvalue weighted by molar-refractivity contribution is 5.97. The van der Waals surface area contributed by atoms with E-state index in [1.54, 1.807) is 0 Å². The van der Waals surface area contributed by atoms with Crippen molar-refractivity contribution in [2.24, 2.45) is 10.7 Å². The van der Waals surface area contributed by atoms with Gasteiger partial charge in [-0.15, -0.1) is 0 Å². The fraction of sp³-hybridized carbons (Fsp3) is 0.235. The fourth-order valence-electron chi connectivity index (χ4n) is 1.45. The summed E-state index contributed by atoms with van der Waals surface area (Å²) in [5.41, 5.74) is 8.06. The van der Waals surface area contributed by atoms with Crippen LogP contribution >= 0.6 is 0 Å². The van der Waals surface area contributed by atoms with Gasteiger partial charge in [-0.1, -0.05) is 66.2 Å². The van der Waals surface area contributed by atoms with Crippen LogP contribution in [0.1, 0.15) is 11.1 Å². The molecule has 3 nitrogen and oxygen atoms in total. The zero-order valence-corrected chi connectivity index (χ0v) is 12.5. The molecule has 0 aliphatic carbocycles. The fourth-order valence-corrected chi connectivity index (χ4v) is 1.45. The average Bonchev–Trinajstić information content (AvgIpc) is 2.47. The molecular weight excluding hydrogens is 246 g/mol. The van der Waals surface area contributed by atoms with Crippen LogP contribution in [-0.4, -0.2) is 31.5 Å². The Balaban J connectivity index is 0.000000240. The number of aliphatic imine (C=N–C) groups is 1. The summed E-state index contributed by atoms with van der Waals surface area (Å²) in [5.74, 6) is 0.592. The molecule has 0 spiro atoms. The lowest BCUT2D eigenvalue weighted by atomic mass is 10.2. The quantitative estimate of drug-likeness (QED) is 0.687. The number of benzene rings is 2. The minimum absolute atomic E-state index is 0.592. The van der Waals surface area contributed by atoms with Gasteiger partial charge in [-0.25, -0.2) is 0 Å². The summed E-state index contributed by atoms with van der Waals surface area (Å²) >= 11 is 0. The Labute approximate surface area is 121 Å². The first kappa shape index (κ1) is 15.9. The summed E-state index contributed by atoms with van der Waals surface area (Å²) < 4.78 is 0. The van der Waals surface area contributed by atoms with Crippen molar-refractivity contribution in [2.45, 2.75) is 6.92 Å². The molecule has 2 aromatic rings. The normalized spacial score (nSPS) is 10.9. The maximum absolute atomic E-state index is 5.77. The molecule has 106 valence electrons. The van der Waals surface area contributed by atoms with Gasteiger partial charge in [0.05, 0.1) is 6.67 Å². The molecule has 3 heteroatoms. The first-order chi connectivity index (χ1) is 9.59. The third-order valence-electron chi connectivity index (χ3n) is 2.53. The SMILES string of the molecule is CN(C)C/N=C(\N)c1ccccc1.Cc1ccccc1. The molecule has 2 N–H and O–H groups in total. The van der Waals surface area contributed by atoms with Crippen molar-refractivity contribution in [1.82, 2.24) is 4.90 Å². The van der Waals surface area contributed by atoms with E-state index >= 15 is 0 Å². The molecule has 0 saturated carbocycles. The molecule has 0 aliphatic heterocycles. The molecule has 0 amide bonds. The lowest BCUT2D eigenvalue weighted by molar-refractivity contribution is 0.424. The third-order valence-corrected chi connectivity index (χ3v) is 2.53. The van der Waals surface area contributed by atoms with Gasteiger partial charge in [0.2, 0.25) is 0 Å². The largest absolute Gasteiger partial charge is 0.383 e. The van der Waals surface area contributed by atoms with Crippen molar-refractivity contribution in [3.05, 3.63) is 71.8 Å². The van der Waals surface area contributed by atoms with Gasteiger partial charge < -0.3 is 5.73 Å². The number of rotatable bonds is 3. The van der Waals surface area contributed by atoms with Crippen LogP contribution in [0.2, 0.25) is 0 Å². The van der Waals surface area contributed by atoms with E-state index in [2.05, 4.69) is 24.0 Å². The molecule has 0 fully saturated rings. The van der Waals surface area contributed by atoms with Crippen LogP contribution in [0.25, 0.3) is 0 Å². The monoisotopic (exact) mass is 269 g/mol. The molecule has 20 heavy (non-hydrogen) atoms. The Morgan fingerprint density at radius 1 is 0.950 bits per heavy atom. The Morgan fingerprint density at radius 3 is 1.85 bits per heavy atom. The Morgan fingerprint density at radius 2 is 1.45 bits per heavy atom. The first-order valence-electron chi connectivity index (χ1n) is 6.61. The van der Waals surface area contributed by atoms with Crippen LogP contribution in [0.3, 0.4) is 0 Å². The van der Waals surface area contributed by atoms with Gasteiger partial charge in [-0.2, -0.15) is 0 Å². The van der Waals surface area contributed by atoms with Crippen LogP contribution in [-0.2, 0) is 0 Å². The van der Waals surface area contributed by atoms with Gasteiger partial charge in [-0.3, -0.25) is 9.89 Å². The summed E-state index contributed by atoms with van der Waals surface area (Å²) in [6, 6.07) is 20.0. The standard InChI is InChI=1S/C10H15N3.C7H8/c1-13(2)8-12-10(11)9-6-4-3-5-7-9;1-7-5-3-2-4-6-7/h3-7H,8H2,1-2H3,(H2,11,12);2-6H,1H3. The van der Waals surface area contributed by atoms with Crippen molar-refractivity contribution in [3.63, 3.8) is 0 Å². The van der Waals surface area contributed by atoms with Gasteiger partial charge in [-0.05, 0) is 21.0 Å². The van der Waals surface area contributed by atoms with Crippen molar-refractivity contribution < 1.29 is 0 Å². The highest BCUT2D eigenvalue weighted by atomic mass is 15.1. The Kier molecular flexibility index (Phi) is 7.07. The molecular formula is C17H23N3. The highest BCUT2D eigenvalue weighted by Crippen LogP contribution is 1.97. The van der Waals surface area contributed by atoms with E-state index in [1.165, 1.54) is 5.56 Å². The van der Waals surface area contributed by atoms with E-state index < -0.39 is 0 Å². The van der Waals surface area contributed by atoms with Gasteiger partial charge in [0, 0.05) is 5.56 Å². The van der Waals surface area contributed by atoms with E-state index in [0.29, 0.717) is 12.5 Å². The van der Waals surface area contributed by atoms with Gasteiger partial charge in [0.25, 0.3) is 0 Å². The molecule has 0 unspecified atom stereocenters. The third kappa shape index (κ3) is 6.71. The number of hydrogen-bond donors (Lipinski definition) is 1. The zero-order valence-electron chi connectivity index (χ0n) is 12.5. The van der Waals surface area contributed by atoms with Crippen LogP contribution < -0.4 is 5.73 Å². The van der Waals surface area contributed by atoms with Crippen LogP contribution in [0.5, 0.6) is 0 Å². The number of aryl methyl sites for hydroxylation is 1. The zero-order chi connectivity index (χ0) is 14.8. The second kappa shape index (κ2) is 8.88. The van der Waals surface area contributed by atoms with Crippen molar-refractivity contribution in [3.8, 4) is 0 Å². The lowest BCUT2D eigenvalue weighted by Gasteiger charge is -2.06. The smallest absolute Gasteiger partial charge is 0.127 e. The van der Waals surface area contributed by atoms with Gasteiger partial charge in [0.15, 0.2) is 0 Å². The summed E-state index contributed by atoms with van der Waals surface area (Å²) in [5, 5.41) is 0. The predicted octanol–water partition coefficient (Wildman–Crippen LogP) is 2.91. The molecule has 0 heterocycles. The molecule has 0 saturated heterocycles. The number of hydrogen-bond acceptors (Lipinski definition) is 2. The molecule has 2 aromatic carbocycles. The molecule has 0 aliphatic rings. The molecule has 0 bridgehead atoms. The molecule has 2 rings (SSSR count). The number of amidine groups is 1. The molecule has 0 atom stereocenters. The van der Waals surface area contributed by atoms with Gasteiger partial charge in [0.1, 0.15) is 5.84 Å². The number of nitrogens with two attached hydrogens (primary N) is 1.